The van der Waals surface area contributed by atoms with E-state index in [9.17, 15) is 4.79 Å². The highest BCUT2D eigenvalue weighted by Crippen LogP contribution is 2.17. The summed E-state index contributed by atoms with van der Waals surface area (Å²) in [4.78, 5) is 10.3. The normalized spacial score (nSPS) is 12.8. The van der Waals surface area contributed by atoms with Crippen LogP contribution in [-0.2, 0) is 4.79 Å². The molecule has 0 saturated heterocycles. The van der Waals surface area contributed by atoms with Gasteiger partial charge >= 0.3 is 0 Å². The topological polar surface area (TPSA) is 17.1 Å². The zero-order valence-electron chi connectivity index (χ0n) is 8.92. The molecule has 0 radical (unpaired) electrons. The minimum absolute atomic E-state index is 0.569. The SMILES string of the molecule is CCCCCCC[C@@H](CC=O)SC. The molecule has 0 amide bonds. The van der Waals surface area contributed by atoms with E-state index in [-0.39, 0.29) is 0 Å². The molecule has 0 spiro atoms. The quantitative estimate of drug-likeness (QED) is 0.419. The predicted octanol–water partition coefficient (Wildman–Crippen LogP) is 3.67. The molecule has 0 bridgehead atoms. The number of carbonyl (C=O) groups excluding carboxylic acids is 1. The van der Waals surface area contributed by atoms with Crippen LogP contribution in [0.2, 0.25) is 0 Å². The molecule has 0 aliphatic rings. The van der Waals surface area contributed by atoms with Gasteiger partial charge in [-0.05, 0) is 12.7 Å². The molecule has 0 N–H and O–H groups in total. The first-order valence-corrected chi connectivity index (χ1v) is 6.60. The molecule has 0 unspecified atom stereocenters. The van der Waals surface area contributed by atoms with Crippen molar-refractivity contribution in [2.45, 2.75) is 57.1 Å². The van der Waals surface area contributed by atoms with Crippen molar-refractivity contribution in [3.05, 3.63) is 0 Å². The average Bonchev–Trinajstić information content (AvgIpc) is 2.16. The van der Waals surface area contributed by atoms with Crippen molar-refractivity contribution in [3.8, 4) is 0 Å². The van der Waals surface area contributed by atoms with Crippen LogP contribution in [0, 0.1) is 0 Å². The van der Waals surface area contributed by atoms with Gasteiger partial charge in [0.05, 0.1) is 0 Å². The lowest BCUT2D eigenvalue weighted by atomic mass is 10.1. The Hall–Kier alpha value is 0.0200. The molecule has 0 aliphatic heterocycles. The number of unbranched alkanes of at least 4 members (excludes halogenated alkanes) is 4. The smallest absolute Gasteiger partial charge is 0.121 e. The van der Waals surface area contributed by atoms with Crippen LogP contribution in [0.5, 0.6) is 0 Å². The van der Waals surface area contributed by atoms with E-state index in [4.69, 9.17) is 0 Å². The fraction of sp³-hybridized carbons (Fsp3) is 0.909. The summed E-state index contributed by atoms with van der Waals surface area (Å²) < 4.78 is 0. The third-order valence-electron chi connectivity index (χ3n) is 2.32. The molecule has 0 aromatic carbocycles. The first-order valence-electron chi connectivity index (χ1n) is 5.31. The zero-order chi connectivity index (χ0) is 9.94. The highest BCUT2D eigenvalue weighted by atomic mass is 32.2. The van der Waals surface area contributed by atoms with E-state index in [1.54, 1.807) is 0 Å². The second kappa shape index (κ2) is 10.1. The predicted molar refractivity (Wildman–Crippen MR) is 61.4 cm³/mol. The molecule has 0 fully saturated rings. The van der Waals surface area contributed by atoms with Crippen LogP contribution in [0.4, 0.5) is 0 Å². The molecule has 78 valence electrons. The molecular weight excluding hydrogens is 180 g/mol. The number of hydrogen-bond donors (Lipinski definition) is 0. The molecule has 0 aromatic rings. The van der Waals surface area contributed by atoms with Crippen LogP contribution in [0.15, 0.2) is 0 Å². The standard InChI is InChI=1S/C11H22OS/c1-3-4-5-6-7-8-11(13-2)9-10-12/h10-11H,3-9H2,1-2H3/t11-/m0/s1. The van der Waals surface area contributed by atoms with Gasteiger partial charge in [0.2, 0.25) is 0 Å². The molecule has 0 aromatic heterocycles. The average molecular weight is 202 g/mol. The Labute approximate surface area is 86.7 Å². The second-order valence-corrected chi connectivity index (χ2v) is 4.60. The largest absolute Gasteiger partial charge is 0.303 e. The summed E-state index contributed by atoms with van der Waals surface area (Å²) in [5, 5.41) is 0.569. The van der Waals surface area contributed by atoms with Crippen molar-refractivity contribution in [1.29, 1.82) is 0 Å². The van der Waals surface area contributed by atoms with Crippen molar-refractivity contribution in [2.75, 3.05) is 6.26 Å². The summed E-state index contributed by atoms with van der Waals surface area (Å²) in [7, 11) is 0. The summed E-state index contributed by atoms with van der Waals surface area (Å²) in [6, 6.07) is 0. The van der Waals surface area contributed by atoms with Gasteiger partial charge in [-0.1, -0.05) is 39.0 Å². The number of rotatable bonds is 9. The Morgan fingerprint density at radius 2 is 1.92 bits per heavy atom. The van der Waals surface area contributed by atoms with Gasteiger partial charge in [0.15, 0.2) is 0 Å². The van der Waals surface area contributed by atoms with Gasteiger partial charge < -0.3 is 4.79 Å². The van der Waals surface area contributed by atoms with Crippen LogP contribution in [0.25, 0.3) is 0 Å². The molecule has 0 heterocycles. The number of aldehydes is 1. The summed E-state index contributed by atoms with van der Waals surface area (Å²) >= 11 is 1.83. The lowest BCUT2D eigenvalue weighted by Gasteiger charge is -2.09. The van der Waals surface area contributed by atoms with Crippen LogP contribution in [0.3, 0.4) is 0 Å². The van der Waals surface area contributed by atoms with E-state index in [0.29, 0.717) is 5.25 Å². The van der Waals surface area contributed by atoms with Crippen molar-refractivity contribution in [2.24, 2.45) is 0 Å². The lowest BCUT2D eigenvalue weighted by molar-refractivity contribution is -0.107. The molecular formula is C11H22OS. The number of hydrogen-bond acceptors (Lipinski definition) is 2. The molecule has 2 heteroatoms. The van der Waals surface area contributed by atoms with Crippen molar-refractivity contribution in [1.82, 2.24) is 0 Å². The maximum atomic E-state index is 10.3. The van der Waals surface area contributed by atoms with Crippen LogP contribution in [-0.4, -0.2) is 17.8 Å². The van der Waals surface area contributed by atoms with E-state index in [1.165, 1.54) is 38.5 Å². The molecule has 1 atom stereocenters. The summed E-state index contributed by atoms with van der Waals surface area (Å²) in [6.45, 7) is 2.23. The highest BCUT2D eigenvalue weighted by molar-refractivity contribution is 7.99. The molecule has 0 saturated carbocycles. The van der Waals surface area contributed by atoms with Crippen LogP contribution in [0.1, 0.15) is 51.9 Å². The first kappa shape index (κ1) is 13.0. The van der Waals surface area contributed by atoms with Crippen LogP contribution < -0.4 is 0 Å². The van der Waals surface area contributed by atoms with Gasteiger partial charge in [0.25, 0.3) is 0 Å². The van der Waals surface area contributed by atoms with Gasteiger partial charge in [-0.2, -0.15) is 11.8 Å². The molecule has 0 aliphatic carbocycles. The van der Waals surface area contributed by atoms with Crippen molar-refractivity contribution in [3.63, 3.8) is 0 Å². The summed E-state index contributed by atoms with van der Waals surface area (Å²) in [6.07, 6.45) is 11.7. The monoisotopic (exact) mass is 202 g/mol. The fourth-order valence-corrected chi connectivity index (χ4v) is 2.09. The van der Waals surface area contributed by atoms with Crippen molar-refractivity contribution < 1.29 is 4.79 Å². The van der Waals surface area contributed by atoms with E-state index in [1.807, 2.05) is 11.8 Å². The maximum Gasteiger partial charge on any atom is 0.121 e. The van der Waals surface area contributed by atoms with Gasteiger partial charge in [0.1, 0.15) is 6.29 Å². The second-order valence-electron chi connectivity index (χ2n) is 3.46. The number of thioether (sulfide) groups is 1. The van der Waals surface area contributed by atoms with Gasteiger partial charge in [-0.15, -0.1) is 0 Å². The van der Waals surface area contributed by atoms with E-state index in [2.05, 4.69) is 13.2 Å². The Morgan fingerprint density at radius 1 is 1.23 bits per heavy atom. The van der Waals surface area contributed by atoms with E-state index < -0.39 is 0 Å². The Bertz CT molecular complexity index is 115. The summed E-state index contributed by atoms with van der Waals surface area (Å²) in [5.41, 5.74) is 0. The Morgan fingerprint density at radius 3 is 2.46 bits per heavy atom. The molecule has 13 heavy (non-hydrogen) atoms. The minimum atomic E-state index is 0.569. The Kier molecular flexibility index (Phi) is 10.1. The summed E-state index contributed by atoms with van der Waals surface area (Å²) in [5.74, 6) is 0. The Balaban J connectivity index is 3.22. The minimum Gasteiger partial charge on any atom is -0.303 e. The third-order valence-corrected chi connectivity index (χ3v) is 3.42. The van der Waals surface area contributed by atoms with Gasteiger partial charge in [-0.25, -0.2) is 0 Å². The van der Waals surface area contributed by atoms with Crippen LogP contribution >= 0.6 is 11.8 Å². The molecule has 0 rings (SSSR count). The van der Waals surface area contributed by atoms with E-state index >= 15 is 0 Å². The maximum absolute atomic E-state index is 10.3. The van der Waals surface area contributed by atoms with Crippen molar-refractivity contribution >= 4 is 18.0 Å². The first-order chi connectivity index (χ1) is 6.35. The van der Waals surface area contributed by atoms with E-state index in [0.717, 1.165) is 12.7 Å². The zero-order valence-corrected chi connectivity index (χ0v) is 9.74. The third kappa shape index (κ3) is 8.35. The molecule has 1 nitrogen and oxygen atoms in total. The van der Waals surface area contributed by atoms with Gasteiger partial charge in [-0.3, -0.25) is 0 Å². The lowest BCUT2D eigenvalue weighted by Crippen LogP contribution is -2.02. The van der Waals surface area contributed by atoms with Gasteiger partial charge in [0, 0.05) is 11.7 Å². The highest BCUT2D eigenvalue weighted by Gasteiger charge is 2.04. The number of carbonyl (C=O) groups is 1. The fourth-order valence-electron chi connectivity index (χ4n) is 1.41.